The molecule has 0 saturated carbocycles. The molecule has 0 spiro atoms. The summed E-state index contributed by atoms with van der Waals surface area (Å²) in [7, 11) is 3.14. The molecule has 0 fully saturated rings. The Labute approximate surface area is 126 Å². The Kier molecular flexibility index (Phi) is 3.82. The second-order valence-electron chi connectivity index (χ2n) is 4.18. The average Bonchev–Trinajstić information content (AvgIpc) is 3.03. The van der Waals surface area contributed by atoms with Crippen LogP contribution in [-0.4, -0.2) is 34.4 Å². The topological polar surface area (TPSA) is 95.2 Å². The van der Waals surface area contributed by atoms with Crippen LogP contribution in [0, 0.1) is 0 Å². The summed E-state index contributed by atoms with van der Waals surface area (Å²) in [4.78, 5) is 8.04. The third kappa shape index (κ3) is 2.80. The van der Waals surface area contributed by atoms with E-state index < -0.39 is 0 Å². The molecule has 0 unspecified atom stereocenters. The van der Waals surface area contributed by atoms with E-state index in [1.807, 2.05) is 0 Å². The molecule has 8 nitrogen and oxygen atoms in total. The molecule has 2 heterocycles. The van der Waals surface area contributed by atoms with Crippen molar-refractivity contribution in [3.8, 4) is 23.0 Å². The van der Waals surface area contributed by atoms with Crippen molar-refractivity contribution >= 4 is 12.0 Å². The Hall–Kier alpha value is -3.16. The van der Waals surface area contributed by atoms with Gasteiger partial charge in [0.1, 0.15) is 0 Å². The van der Waals surface area contributed by atoms with E-state index in [2.05, 4.69) is 25.5 Å². The van der Waals surface area contributed by atoms with E-state index >= 15 is 0 Å². The van der Waals surface area contributed by atoms with Crippen LogP contribution in [0.25, 0.3) is 11.5 Å². The lowest BCUT2D eigenvalue weighted by Crippen LogP contribution is -1.95. The van der Waals surface area contributed by atoms with E-state index in [0.717, 1.165) is 0 Å². The Morgan fingerprint density at radius 3 is 2.50 bits per heavy atom. The number of ether oxygens (including phenoxy) is 2. The van der Waals surface area contributed by atoms with E-state index in [1.54, 1.807) is 50.9 Å². The average molecular weight is 299 g/mol. The van der Waals surface area contributed by atoms with Crippen LogP contribution in [0.5, 0.6) is 11.5 Å². The van der Waals surface area contributed by atoms with Crippen molar-refractivity contribution in [2.24, 2.45) is 0 Å². The molecule has 3 aromatic rings. The number of nitrogens with one attached hydrogen (secondary N) is 1. The van der Waals surface area contributed by atoms with Gasteiger partial charge in [0, 0.05) is 18.0 Å². The van der Waals surface area contributed by atoms with Gasteiger partial charge in [0.05, 0.1) is 14.2 Å². The predicted octanol–water partition coefficient (Wildman–Crippen LogP) is 2.29. The Bertz CT molecular complexity index is 760. The van der Waals surface area contributed by atoms with Gasteiger partial charge in [-0.05, 0) is 24.3 Å². The maximum absolute atomic E-state index is 5.54. The second kappa shape index (κ2) is 6.08. The number of hydrogen-bond donors (Lipinski definition) is 1. The molecule has 0 radical (unpaired) electrons. The van der Waals surface area contributed by atoms with Crippen LogP contribution in [0.2, 0.25) is 0 Å². The van der Waals surface area contributed by atoms with Crippen LogP contribution in [0.4, 0.5) is 12.0 Å². The monoisotopic (exact) mass is 299 g/mol. The third-order valence-electron chi connectivity index (χ3n) is 2.84. The summed E-state index contributed by atoms with van der Waals surface area (Å²) in [6.45, 7) is 0. The molecule has 0 atom stereocenters. The smallest absolute Gasteiger partial charge is 0.322 e. The predicted molar refractivity (Wildman–Crippen MR) is 78.2 cm³/mol. The quantitative estimate of drug-likeness (QED) is 0.766. The lowest BCUT2D eigenvalue weighted by molar-refractivity contribution is 0.355. The molecule has 0 aliphatic heterocycles. The van der Waals surface area contributed by atoms with Gasteiger partial charge >= 0.3 is 6.01 Å². The zero-order valence-corrected chi connectivity index (χ0v) is 12.0. The highest BCUT2D eigenvalue weighted by Crippen LogP contribution is 2.32. The van der Waals surface area contributed by atoms with Gasteiger partial charge in [0.2, 0.25) is 11.8 Å². The van der Waals surface area contributed by atoms with E-state index in [0.29, 0.717) is 28.9 Å². The molecule has 22 heavy (non-hydrogen) atoms. The van der Waals surface area contributed by atoms with Gasteiger partial charge in [0.15, 0.2) is 11.5 Å². The molecule has 3 rings (SSSR count). The van der Waals surface area contributed by atoms with Crippen molar-refractivity contribution < 1.29 is 13.9 Å². The van der Waals surface area contributed by atoms with Crippen LogP contribution in [0.15, 0.2) is 41.1 Å². The number of hydrogen-bond acceptors (Lipinski definition) is 8. The third-order valence-corrected chi connectivity index (χ3v) is 2.84. The summed E-state index contributed by atoms with van der Waals surface area (Å²) in [5.41, 5.74) is 0.715. The number of anilines is 2. The highest BCUT2D eigenvalue weighted by atomic mass is 16.5. The molecule has 2 aromatic heterocycles. The van der Waals surface area contributed by atoms with Crippen molar-refractivity contribution in [3.63, 3.8) is 0 Å². The molecular formula is C14H13N5O3. The van der Waals surface area contributed by atoms with Gasteiger partial charge in [-0.2, -0.15) is 0 Å². The Morgan fingerprint density at radius 2 is 1.77 bits per heavy atom. The summed E-state index contributed by atoms with van der Waals surface area (Å²) >= 11 is 0. The van der Waals surface area contributed by atoms with Crippen molar-refractivity contribution in [1.82, 2.24) is 20.2 Å². The van der Waals surface area contributed by atoms with E-state index in [-0.39, 0.29) is 6.01 Å². The number of nitrogens with zero attached hydrogens (tertiary/aromatic N) is 4. The van der Waals surface area contributed by atoms with Gasteiger partial charge in [0.25, 0.3) is 0 Å². The number of benzene rings is 1. The molecule has 1 N–H and O–H groups in total. The summed E-state index contributed by atoms with van der Waals surface area (Å²) in [5, 5.41) is 10.7. The minimum absolute atomic E-state index is 0.205. The first-order valence-corrected chi connectivity index (χ1v) is 6.40. The Balaban J connectivity index is 1.84. The number of aromatic nitrogens is 4. The van der Waals surface area contributed by atoms with Gasteiger partial charge in [-0.25, -0.2) is 9.97 Å². The minimum atomic E-state index is 0.205. The maximum atomic E-state index is 5.54. The summed E-state index contributed by atoms with van der Waals surface area (Å²) in [6, 6.07) is 7.25. The largest absolute Gasteiger partial charge is 0.493 e. The van der Waals surface area contributed by atoms with Crippen LogP contribution >= 0.6 is 0 Å². The summed E-state index contributed by atoms with van der Waals surface area (Å²) in [6.07, 6.45) is 3.22. The molecular weight excluding hydrogens is 286 g/mol. The maximum Gasteiger partial charge on any atom is 0.322 e. The number of methoxy groups -OCH3 is 2. The van der Waals surface area contributed by atoms with Crippen molar-refractivity contribution in [3.05, 3.63) is 36.7 Å². The minimum Gasteiger partial charge on any atom is -0.493 e. The first-order chi connectivity index (χ1) is 10.8. The van der Waals surface area contributed by atoms with E-state index in [9.17, 15) is 0 Å². The van der Waals surface area contributed by atoms with E-state index in [1.165, 1.54) is 0 Å². The molecule has 0 saturated heterocycles. The van der Waals surface area contributed by atoms with Crippen molar-refractivity contribution in [2.75, 3.05) is 19.5 Å². The molecule has 0 aliphatic rings. The molecule has 0 aliphatic carbocycles. The molecule has 0 amide bonds. The number of rotatable bonds is 5. The summed E-state index contributed by atoms with van der Waals surface area (Å²) in [5.74, 6) is 1.94. The fourth-order valence-corrected chi connectivity index (χ4v) is 1.82. The SMILES string of the molecule is COc1ccc(-c2nnc(Nc3ncccn3)o2)cc1OC. The zero-order chi connectivity index (χ0) is 15.4. The van der Waals surface area contributed by atoms with Crippen molar-refractivity contribution in [2.45, 2.75) is 0 Å². The highest BCUT2D eigenvalue weighted by molar-refractivity contribution is 5.60. The summed E-state index contributed by atoms with van der Waals surface area (Å²) < 4.78 is 16.0. The van der Waals surface area contributed by atoms with Crippen molar-refractivity contribution in [1.29, 1.82) is 0 Å². The van der Waals surface area contributed by atoms with Gasteiger partial charge in [-0.1, -0.05) is 5.10 Å². The second-order valence-corrected chi connectivity index (χ2v) is 4.18. The molecule has 0 bridgehead atoms. The normalized spacial score (nSPS) is 10.3. The van der Waals surface area contributed by atoms with Gasteiger partial charge < -0.3 is 13.9 Å². The van der Waals surface area contributed by atoms with Crippen LogP contribution < -0.4 is 14.8 Å². The fourth-order valence-electron chi connectivity index (χ4n) is 1.82. The van der Waals surface area contributed by atoms with Crippen LogP contribution in [-0.2, 0) is 0 Å². The highest BCUT2D eigenvalue weighted by Gasteiger charge is 2.12. The standard InChI is InChI=1S/C14H13N5O3/c1-20-10-5-4-9(8-11(10)21-2)12-18-19-14(22-12)17-13-15-6-3-7-16-13/h3-8H,1-2H3,(H,15,16,17,19). The lowest BCUT2D eigenvalue weighted by Gasteiger charge is -2.07. The first kappa shape index (κ1) is 13.8. The van der Waals surface area contributed by atoms with Gasteiger partial charge in [-0.3, -0.25) is 5.32 Å². The molecule has 112 valence electrons. The zero-order valence-electron chi connectivity index (χ0n) is 12.0. The molecule has 8 heteroatoms. The first-order valence-electron chi connectivity index (χ1n) is 6.40. The van der Waals surface area contributed by atoms with E-state index in [4.69, 9.17) is 13.9 Å². The Morgan fingerprint density at radius 1 is 1.00 bits per heavy atom. The molecule has 1 aromatic carbocycles. The lowest BCUT2D eigenvalue weighted by atomic mass is 10.2. The van der Waals surface area contributed by atoms with Crippen LogP contribution in [0.3, 0.4) is 0 Å². The fraction of sp³-hybridized carbons (Fsp3) is 0.143. The van der Waals surface area contributed by atoms with Gasteiger partial charge in [-0.15, -0.1) is 5.10 Å². The van der Waals surface area contributed by atoms with Crippen LogP contribution in [0.1, 0.15) is 0 Å².